The lowest BCUT2D eigenvalue weighted by atomic mass is 10.2. The summed E-state index contributed by atoms with van der Waals surface area (Å²) in [5, 5.41) is 2.85. The van der Waals surface area contributed by atoms with E-state index in [-0.39, 0.29) is 5.91 Å². The molecule has 0 saturated heterocycles. The summed E-state index contributed by atoms with van der Waals surface area (Å²) in [4.78, 5) is 11.6. The van der Waals surface area contributed by atoms with E-state index in [9.17, 15) is 4.79 Å². The number of carbonyl (C=O) groups excluding carboxylic acids is 1. The number of anilines is 1. The fourth-order valence-electron chi connectivity index (χ4n) is 1.52. The molecule has 0 spiro atoms. The van der Waals surface area contributed by atoms with Gasteiger partial charge in [0.05, 0.1) is 6.61 Å². The summed E-state index contributed by atoms with van der Waals surface area (Å²) in [6, 6.07) is 7.42. The van der Waals surface area contributed by atoms with Crippen LogP contribution in [0.4, 0.5) is 5.69 Å². The first kappa shape index (κ1) is 14.1. The highest BCUT2D eigenvalue weighted by molar-refractivity contribution is 5.90. The van der Waals surface area contributed by atoms with Gasteiger partial charge in [0, 0.05) is 24.6 Å². The minimum absolute atomic E-state index is 0.0153. The summed E-state index contributed by atoms with van der Waals surface area (Å²) in [6.07, 6.45) is 2.05. The molecule has 0 bridgehead atoms. The minimum atomic E-state index is 0.0153. The van der Waals surface area contributed by atoms with Crippen LogP contribution in [0.5, 0.6) is 5.75 Å². The molecule has 0 unspecified atom stereocenters. The molecule has 0 atom stereocenters. The molecule has 1 rings (SSSR count). The van der Waals surface area contributed by atoms with E-state index in [1.54, 1.807) is 6.92 Å². The van der Waals surface area contributed by atoms with E-state index in [0.717, 1.165) is 24.3 Å². The number of rotatable bonds is 6. The van der Waals surface area contributed by atoms with E-state index in [0.29, 0.717) is 13.0 Å². The molecule has 0 aliphatic carbocycles. The maximum absolute atomic E-state index is 11.6. The number of unbranched alkanes of at least 4 members (excludes halogenated alkanes) is 1. The van der Waals surface area contributed by atoms with Gasteiger partial charge in [-0.25, -0.2) is 0 Å². The van der Waals surface area contributed by atoms with Gasteiger partial charge in [-0.1, -0.05) is 6.07 Å². The summed E-state index contributed by atoms with van der Waals surface area (Å²) in [6.45, 7) is 4.35. The van der Waals surface area contributed by atoms with Gasteiger partial charge >= 0.3 is 0 Å². The molecular formula is C15H19NO2. The summed E-state index contributed by atoms with van der Waals surface area (Å²) in [5.41, 5.74) is 0.771. The van der Waals surface area contributed by atoms with Gasteiger partial charge in [-0.05, 0) is 32.4 Å². The quantitative estimate of drug-likeness (QED) is 0.617. The number of ether oxygens (including phenoxy) is 1. The van der Waals surface area contributed by atoms with Crippen LogP contribution in [0, 0.1) is 11.8 Å². The SMILES string of the molecule is CC#CCCCC(=O)Nc1cccc(OCC)c1. The largest absolute Gasteiger partial charge is 0.494 e. The van der Waals surface area contributed by atoms with Gasteiger partial charge in [0.15, 0.2) is 0 Å². The summed E-state index contributed by atoms with van der Waals surface area (Å²) >= 11 is 0. The molecule has 0 aliphatic rings. The van der Waals surface area contributed by atoms with Crippen molar-refractivity contribution >= 4 is 11.6 Å². The van der Waals surface area contributed by atoms with Gasteiger partial charge in [0.2, 0.25) is 5.91 Å². The first-order chi connectivity index (χ1) is 8.76. The van der Waals surface area contributed by atoms with Crippen molar-refractivity contribution in [2.45, 2.75) is 33.1 Å². The molecule has 18 heavy (non-hydrogen) atoms. The van der Waals surface area contributed by atoms with Crippen molar-refractivity contribution in [2.75, 3.05) is 11.9 Å². The first-order valence-corrected chi connectivity index (χ1v) is 6.18. The van der Waals surface area contributed by atoms with Crippen LogP contribution in [0.25, 0.3) is 0 Å². The van der Waals surface area contributed by atoms with Gasteiger partial charge in [-0.2, -0.15) is 0 Å². The number of amides is 1. The van der Waals surface area contributed by atoms with Crippen molar-refractivity contribution in [3.63, 3.8) is 0 Å². The van der Waals surface area contributed by atoms with Crippen molar-refractivity contribution in [2.24, 2.45) is 0 Å². The first-order valence-electron chi connectivity index (χ1n) is 6.18. The molecule has 3 heteroatoms. The summed E-state index contributed by atoms with van der Waals surface area (Å²) in [5.74, 6) is 6.54. The highest BCUT2D eigenvalue weighted by atomic mass is 16.5. The van der Waals surface area contributed by atoms with Crippen molar-refractivity contribution in [3.8, 4) is 17.6 Å². The van der Waals surface area contributed by atoms with E-state index in [2.05, 4.69) is 17.2 Å². The molecule has 96 valence electrons. The molecule has 1 aromatic rings. The predicted molar refractivity (Wildman–Crippen MR) is 73.5 cm³/mol. The van der Waals surface area contributed by atoms with Crippen LogP contribution in [0.15, 0.2) is 24.3 Å². The molecule has 0 fully saturated rings. The Hall–Kier alpha value is -1.95. The van der Waals surface area contributed by atoms with Gasteiger partial charge in [-0.3, -0.25) is 4.79 Å². The lowest BCUT2D eigenvalue weighted by Gasteiger charge is -2.07. The smallest absolute Gasteiger partial charge is 0.224 e. The third kappa shape index (κ3) is 5.40. The molecule has 1 amide bonds. The topological polar surface area (TPSA) is 38.3 Å². The molecule has 0 heterocycles. The lowest BCUT2D eigenvalue weighted by Crippen LogP contribution is -2.11. The average Bonchev–Trinajstić information content (AvgIpc) is 2.35. The molecule has 0 aliphatic heterocycles. The Bertz CT molecular complexity index is 443. The Balaban J connectivity index is 2.42. The fraction of sp³-hybridized carbons (Fsp3) is 0.400. The highest BCUT2D eigenvalue weighted by Gasteiger charge is 2.02. The Labute approximate surface area is 109 Å². The second-order valence-electron chi connectivity index (χ2n) is 3.79. The Morgan fingerprint density at radius 2 is 2.28 bits per heavy atom. The summed E-state index contributed by atoms with van der Waals surface area (Å²) < 4.78 is 5.37. The standard InChI is InChI=1S/C15H19NO2/c1-3-5-6-7-11-15(17)16-13-9-8-10-14(12-13)18-4-2/h8-10,12H,4,6-7,11H2,1-2H3,(H,16,17). The molecule has 0 saturated carbocycles. The number of hydrogen-bond donors (Lipinski definition) is 1. The van der Waals surface area contributed by atoms with E-state index < -0.39 is 0 Å². The average molecular weight is 245 g/mol. The van der Waals surface area contributed by atoms with Crippen molar-refractivity contribution in [3.05, 3.63) is 24.3 Å². The number of benzene rings is 1. The van der Waals surface area contributed by atoms with Gasteiger partial charge in [-0.15, -0.1) is 11.8 Å². The van der Waals surface area contributed by atoms with E-state index in [4.69, 9.17) is 4.74 Å². The normalized spacial score (nSPS) is 9.22. The van der Waals surface area contributed by atoms with Crippen LogP contribution < -0.4 is 10.1 Å². The fourth-order valence-corrected chi connectivity index (χ4v) is 1.52. The van der Waals surface area contributed by atoms with Crippen LogP contribution in [-0.4, -0.2) is 12.5 Å². The monoisotopic (exact) mass is 245 g/mol. The number of nitrogens with one attached hydrogen (secondary N) is 1. The van der Waals surface area contributed by atoms with Crippen LogP contribution in [-0.2, 0) is 4.79 Å². The van der Waals surface area contributed by atoms with Crippen molar-refractivity contribution in [1.82, 2.24) is 0 Å². The van der Waals surface area contributed by atoms with Crippen molar-refractivity contribution < 1.29 is 9.53 Å². The van der Waals surface area contributed by atoms with Gasteiger partial charge in [0.1, 0.15) is 5.75 Å². The lowest BCUT2D eigenvalue weighted by molar-refractivity contribution is -0.116. The molecule has 3 nitrogen and oxygen atoms in total. The zero-order chi connectivity index (χ0) is 13.2. The predicted octanol–water partition coefficient (Wildman–Crippen LogP) is 3.22. The van der Waals surface area contributed by atoms with E-state index >= 15 is 0 Å². The van der Waals surface area contributed by atoms with Gasteiger partial charge in [0.25, 0.3) is 0 Å². The zero-order valence-electron chi connectivity index (χ0n) is 11.0. The maximum Gasteiger partial charge on any atom is 0.224 e. The molecule has 1 N–H and O–H groups in total. The van der Waals surface area contributed by atoms with Gasteiger partial charge < -0.3 is 10.1 Å². The Morgan fingerprint density at radius 3 is 3.00 bits per heavy atom. The Kier molecular flexibility index (Phi) is 6.42. The van der Waals surface area contributed by atoms with E-state index in [1.807, 2.05) is 31.2 Å². The second-order valence-corrected chi connectivity index (χ2v) is 3.79. The zero-order valence-corrected chi connectivity index (χ0v) is 11.0. The third-order valence-electron chi connectivity index (χ3n) is 2.31. The van der Waals surface area contributed by atoms with Crippen LogP contribution in [0.3, 0.4) is 0 Å². The van der Waals surface area contributed by atoms with Crippen LogP contribution in [0.1, 0.15) is 33.1 Å². The Morgan fingerprint density at radius 1 is 1.44 bits per heavy atom. The van der Waals surface area contributed by atoms with Crippen LogP contribution >= 0.6 is 0 Å². The van der Waals surface area contributed by atoms with E-state index in [1.165, 1.54) is 0 Å². The number of carbonyl (C=O) groups is 1. The third-order valence-corrected chi connectivity index (χ3v) is 2.31. The van der Waals surface area contributed by atoms with Crippen molar-refractivity contribution in [1.29, 1.82) is 0 Å². The van der Waals surface area contributed by atoms with Crippen LogP contribution in [0.2, 0.25) is 0 Å². The second kappa shape index (κ2) is 8.19. The maximum atomic E-state index is 11.6. The summed E-state index contributed by atoms with van der Waals surface area (Å²) in [7, 11) is 0. The molecule has 0 aromatic heterocycles. The minimum Gasteiger partial charge on any atom is -0.494 e. The highest BCUT2D eigenvalue weighted by Crippen LogP contribution is 2.17. The molecule has 0 radical (unpaired) electrons. The molecular weight excluding hydrogens is 226 g/mol. The molecule has 1 aromatic carbocycles. The number of hydrogen-bond acceptors (Lipinski definition) is 2.